The van der Waals surface area contributed by atoms with E-state index < -0.39 is 12.9 Å². The molecule has 0 saturated heterocycles. The van der Waals surface area contributed by atoms with Crippen LogP contribution in [0.15, 0.2) is 115 Å². The summed E-state index contributed by atoms with van der Waals surface area (Å²) in [6.45, 7) is 0.209. The Morgan fingerprint density at radius 2 is 1.16 bits per heavy atom. The van der Waals surface area contributed by atoms with Gasteiger partial charge in [0, 0.05) is 15.6 Å². The van der Waals surface area contributed by atoms with E-state index in [1.54, 1.807) is 6.07 Å². The van der Waals surface area contributed by atoms with Gasteiger partial charge in [0.05, 0.1) is 6.54 Å². The first-order valence-electron chi connectivity index (χ1n) is 10.1. The Morgan fingerprint density at radius 1 is 0.710 bits per heavy atom. The predicted molar refractivity (Wildman–Crippen MR) is 128 cm³/mol. The molecule has 0 aliphatic heterocycles. The van der Waals surface area contributed by atoms with Crippen molar-refractivity contribution in [2.75, 3.05) is 0 Å². The lowest BCUT2D eigenvalue weighted by Crippen LogP contribution is -2.32. The summed E-state index contributed by atoms with van der Waals surface area (Å²) >= 11 is 6.59. The van der Waals surface area contributed by atoms with Crippen molar-refractivity contribution in [3.63, 3.8) is 0 Å². The van der Waals surface area contributed by atoms with Gasteiger partial charge >= 0.3 is 0 Å². The first-order chi connectivity index (χ1) is 15.1. The summed E-state index contributed by atoms with van der Waals surface area (Å²) in [6, 6.07) is 35.6. The highest BCUT2D eigenvalue weighted by molar-refractivity contribution is 7.78. The van der Waals surface area contributed by atoms with Crippen molar-refractivity contribution in [3.05, 3.63) is 131 Å². The second-order valence-corrected chi connectivity index (χ2v) is 10.6. The summed E-state index contributed by atoms with van der Waals surface area (Å²) in [6.07, 6.45) is 0. The molecule has 1 N–H and O–H groups in total. The highest BCUT2D eigenvalue weighted by Crippen LogP contribution is 2.59. The average Bonchev–Trinajstić information content (AvgIpc) is 2.82. The molecule has 0 aliphatic carbocycles. The number of benzene rings is 4. The molecule has 0 amide bonds. The number of hydrogen-bond donors (Lipinski definition) is 1. The zero-order valence-corrected chi connectivity index (χ0v) is 18.5. The van der Waals surface area contributed by atoms with Gasteiger partial charge in [-0.25, -0.2) is 0 Å². The molecule has 1 unspecified atom stereocenters. The molecule has 156 valence electrons. The lowest BCUT2D eigenvalue weighted by atomic mass is 10.2. The molecular formula is C26H23ClNO2P. The summed E-state index contributed by atoms with van der Waals surface area (Å²) in [7, 11) is -3.38. The fourth-order valence-electron chi connectivity index (χ4n) is 3.82. The monoisotopic (exact) mass is 447 g/mol. The molecule has 1 atom stereocenters. The van der Waals surface area contributed by atoms with Crippen molar-refractivity contribution < 1.29 is 9.77 Å². The van der Waals surface area contributed by atoms with Crippen molar-refractivity contribution in [2.24, 2.45) is 0 Å². The minimum atomic E-state index is -3.38. The van der Waals surface area contributed by atoms with E-state index in [2.05, 4.69) is 0 Å². The van der Waals surface area contributed by atoms with Gasteiger partial charge in [-0.2, -0.15) is 5.06 Å². The average molecular weight is 448 g/mol. The lowest BCUT2D eigenvalue weighted by molar-refractivity contribution is -0.114. The summed E-state index contributed by atoms with van der Waals surface area (Å²) in [5.74, 6) is -0.855. The SMILES string of the molecule is O=P(c1ccccc1)(c1ccccc1)C(c1ccccc1Cl)N(O)Cc1ccccc1. The van der Waals surface area contributed by atoms with E-state index in [1.807, 2.05) is 109 Å². The maximum absolute atomic E-state index is 15.0. The minimum absolute atomic E-state index is 0.209. The molecule has 0 heterocycles. The summed E-state index contributed by atoms with van der Waals surface area (Å²) in [5.41, 5.74) is 1.54. The third-order valence-corrected chi connectivity index (χ3v) is 8.99. The van der Waals surface area contributed by atoms with E-state index in [0.717, 1.165) is 10.6 Å². The summed E-state index contributed by atoms with van der Waals surface area (Å²) in [4.78, 5) is 0. The molecule has 0 aliphatic rings. The van der Waals surface area contributed by atoms with Gasteiger partial charge in [-0.05, 0) is 17.2 Å². The quantitative estimate of drug-likeness (QED) is 0.269. The van der Waals surface area contributed by atoms with Gasteiger partial charge in [0.25, 0.3) is 0 Å². The maximum Gasteiger partial charge on any atom is 0.166 e. The smallest absolute Gasteiger partial charge is 0.166 e. The number of hydrogen-bond acceptors (Lipinski definition) is 3. The van der Waals surface area contributed by atoms with Crippen molar-refractivity contribution in [3.8, 4) is 0 Å². The molecule has 0 bridgehead atoms. The molecule has 4 aromatic rings. The molecule has 31 heavy (non-hydrogen) atoms. The van der Waals surface area contributed by atoms with E-state index >= 15 is 4.57 Å². The van der Waals surface area contributed by atoms with E-state index in [-0.39, 0.29) is 6.54 Å². The normalized spacial score (nSPS) is 12.6. The molecule has 0 radical (unpaired) electrons. The van der Waals surface area contributed by atoms with Crippen LogP contribution in [0, 0.1) is 0 Å². The van der Waals surface area contributed by atoms with Gasteiger partial charge in [0.1, 0.15) is 5.78 Å². The largest absolute Gasteiger partial charge is 0.313 e. The van der Waals surface area contributed by atoms with Crippen LogP contribution in [0.25, 0.3) is 0 Å². The molecular weight excluding hydrogens is 425 g/mol. The number of rotatable bonds is 7. The van der Waals surface area contributed by atoms with Gasteiger partial charge < -0.3 is 9.77 Å². The van der Waals surface area contributed by atoms with Crippen molar-refractivity contribution >= 4 is 29.4 Å². The third-order valence-electron chi connectivity index (χ3n) is 5.28. The second kappa shape index (κ2) is 9.64. The highest BCUT2D eigenvalue weighted by Gasteiger charge is 2.42. The summed E-state index contributed by atoms with van der Waals surface area (Å²) in [5, 5.41) is 14.4. The predicted octanol–water partition coefficient (Wildman–Crippen LogP) is 6.24. The van der Waals surface area contributed by atoms with Crippen LogP contribution in [0.2, 0.25) is 5.02 Å². The van der Waals surface area contributed by atoms with Crippen molar-refractivity contribution in [2.45, 2.75) is 12.3 Å². The van der Waals surface area contributed by atoms with Crippen LogP contribution in [0.5, 0.6) is 0 Å². The lowest BCUT2D eigenvalue weighted by Gasteiger charge is -2.35. The van der Waals surface area contributed by atoms with Gasteiger partial charge in [0.15, 0.2) is 7.14 Å². The van der Waals surface area contributed by atoms with Crippen molar-refractivity contribution in [1.29, 1.82) is 0 Å². The standard InChI is InChI=1S/C26H23ClNO2P/c27-25-19-11-10-18-24(25)26(28(29)20-21-12-4-1-5-13-21)31(30,22-14-6-2-7-15-22)23-16-8-3-9-17-23/h1-19,26,29H,20H2. The van der Waals surface area contributed by atoms with Crippen LogP contribution in [0.1, 0.15) is 16.9 Å². The molecule has 0 fully saturated rings. The van der Waals surface area contributed by atoms with Crippen LogP contribution in [0.4, 0.5) is 0 Å². The number of hydroxylamine groups is 2. The third kappa shape index (κ3) is 4.51. The maximum atomic E-state index is 15.0. The Kier molecular flexibility index (Phi) is 6.70. The number of halogens is 1. The molecule has 0 saturated carbocycles. The first kappa shape index (κ1) is 21.5. The van der Waals surface area contributed by atoms with Gasteiger partial charge in [-0.1, -0.05) is 121 Å². The topological polar surface area (TPSA) is 40.5 Å². The Hall–Kier alpha value is -2.68. The molecule has 3 nitrogen and oxygen atoms in total. The fourth-order valence-corrected chi connectivity index (χ4v) is 7.30. The van der Waals surface area contributed by atoms with E-state index in [4.69, 9.17) is 11.6 Å². The Morgan fingerprint density at radius 3 is 1.68 bits per heavy atom. The molecule has 0 aromatic heterocycles. The highest BCUT2D eigenvalue weighted by atomic mass is 35.5. The molecule has 4 rings (SSSR count). The Labute approximate surface area is 187 Å². The van der Waals surface area contributed by atoms with Crippen molar-refractivity contribution in [1.82, 2.24) is 5.06 Å². The Balaban J connectivity index is 1.93. The molecule has 5 heteroatoms. The zero-order chi connectivity index (χ0) is 21.7. The molecule has 4 aromatic carbocycles. The van der Waals surface area contributed by atoms with Gasteiger partial charge in [-0.15, -0.1) is 0 Å². The number of nitrogens with zero attached hydrogens (tertiary/aromatic N) is 1. The first-order valence-corrected chi connectivity index (χ1v) is 12.2. The van der Waals surface area contributed by atoms with Crippen LogP contribution >= 0.6 is 18.7 Å². The molecule has 0 spiro atoms. The van der Waals surface area contributed by atoms with Crippen LogP contribution < -0.4 is 10.6 Å². The van der Waals surface area contributed by atoms with Gasteiger partial charge in [-0.3, -0.25) is 0 Å². The van der Waals surface area contributed by atoms with E-state index in [9.17, 15) is 5.21 Å². The van der Waals surface area contributed by atoms with Gasteiger partial charge in [0.2, 0.25) is 0 Å². The summed E-state index contributed by atoms with van der Waals surface area (Å²) < 4.78 is 15.0. The minimum Gasteiger partial charge on any atom is -0.313 e. The van der Waals surface area contributed by atoms with Crippen LogP contribution in [0.3, 0.4) is 0 Å². The van der Waals surface area contributed by atoms with E-state index in [0.29, 0.717) is 21.2 Å². The second-order valence-electron chi connectivity index (χ2n) is 7.31. The van der Waals surface area contributed by atoms with E-state index in [1.165, 1.54) is 0 Å². The zero-order valence-electron chi connectivity index (χ0n) is 16.9. The Bertz CT molecular complexity index is 1130. The fraction of sp³-hybridized carbons (Fsp3) is 0.0769. The van der Waals surface area contributed by atoms with Crippen LogP contribution in [-0.2, 0) is 11.1 Å². The van der Waals surface area contributed by atoms with Crippen LogP contribution in [-0.4, -0.2) is 10.3 Å².